The van der Waals surface area contributed by atoms with Crippen LogP contribution in [0.3, 0.4) is 0 Å². The third-order valence-corrected chi connectivity index (χ3v) is 14.0. The van der Waals surface area contributed by atoms with Gasteiger partial charge >= 0.3 is 0 Å². The van der Waals surface area contributed by atoms with Crippen LogP contribution in [0, 0.1) is 24.9 Å². The van der Waals surface area contributed by atoms with Gasteiger partial charge in [0.25, 0.3) is 0 Å². The van der Waals surface area contributed by atoms with E-state index in [1.165, 1.54) is 43.0 Å². The Morgan fingerprint density at radius 1 is 0.745 bits per heavy atom. The molecule has 0 atom stereocenters. The van der Waals surface area contributed by atoms with Crippen LogP contribution in [0.1, 0.15) is 31.8 Å². The summed E-state index contributed by atoms with van der Waals surface area (Å²) in [5, 5.41) is 5.20. The minimum atomic E-state index is -2.08. The van der Waals surface area contributed by atoms with E-state index in [0.29, 0.717) is 11.1 Å². The van der Waals surface area contributed by atoms with Crippen LogP contribution >= 0.6 is 11.3 Å². The molecule has 0 amide bonds. The fraction of sp³-hybridized carbons (Fsp3) is 0.244. The summed E-state index contributed by atoms with van der Waals surface area (Å²) in [6.07, 6.45) is 2.23. The molecule has 51 heavy (non-hydrogen) atoms. The molecule has 0 spiro atoms. The van der Waals surface area contributed by atoms with E-state index in [9.17, 15) is 0 Å². The van der Waals surface area contributed by atoms with Crippen molar-refractivity contribution in [1.82, 2.24) is 9.97 Å². The van der Waals surface area contributed by atoms with Crippen molar-refractivity contribution >= 4 is 58.0 Å². The van der Waals surface area contributed by atoms with Crippen LogP contribution in [-0.2, 0) is 26.5 Å². The maximum atomic E-state index is 8.52. The van der Waals surface area contributed by atoms with Crippen LogP contribution in [0.5, 0.6) is 0 Å². The average Bonchev–Trinajstić information content (AvgIpc) is 3.52. The van der Waals surface area contributed by atoms with Gasteiger partial charge in [0.1, 0.15) is 0 Å². The van der Waals surface area contributed by atoms with Crippen molar-refractivity contribution in [2.75, 3.05) is 0 Å². The molecule has 0 aliphatic rings. The largest absolute Gasteiger partial charge is 0.305 e. The summed E-state index contributed by atoms with van der Waals surface area (Å²) < 4.78 is 41.5. The monoisotopic (exact) mass is 902 g/mol. The molecule has 3 heterocycles. The Balaban J connectivity index is 0.000000244. The van der Waals surface area contributed by atoms with Crippen molar-refractivity contribution in [3.8, 4) is 33.6 Å². The Labute approximate surface area is 331 Å². The van der Waals surface area contributed by atoms with Gasteiger partial charge in [0.05, 0.1) is 16.1 Å². The van der Waals surface area contributed by atoms with Crippen molar-refractivity contribution in [3.05, 3.63) is 133 Å². The molecule has 0 unspecified atom stereocenters. The Hall–Kier alpha value is -3.52. The molecule has 0 bridgehead atoms. The van der Waals surface area contributed by atoms with Crippen LogP contribution in [0.25, 0.3) is 53.8 Å². The minimum Gasteiger partial charge on any atom is -0.305 e. The molecule has 3 aromatic heterocycles. The topological polar surface area (TPSA) is 25.8 Å². The second-order valence-corrected chi connectivity index (χ2v) is 26.3. The molecule has 0 aliphatic heterocycles. The summed E-state index contributed by atoms with van der Waals surface area (Å²) in [4.78, 5) is 9.08. The molecule has 1 radical (unpaired) electrons. The van der Waals surface area contributed by atoms with E-state index < -0.39 is 29.4 Å². The van der Waals surface area contributed by atoms with Gasteiger partial charge in [-0.05, 0) is 62.2 Å². The van der Waals surface area contributed by atoms with Gasteiger partial charge in [-0.25, -0.2) is 0 Å². The second kappa shape index (κ2) is 16.0. The number of aromatic nitrogens is 2. The number of hydrogen-bond donors (Lipinski definition) is 0. The van der Waals surface area contributed by atoms with E-state index >= 15 is 0 Å². The third kappa shape index (κ3) is 9.29. The Bertz CT molecular complexity index is 2380. The van der Waals surface area contributed by atoms with E-state index in [1.807, 2.05) is 38.2 Å². The van der Waals surface area contributed by atoms with Gasteiger partial charge < -0.3 is 9.97 Å². The molecule has 4 aromatic carbocycles. The van der Waals surface area contributed by atoms with Gasteiger partial charge in [0, 0.05) is 44.1 Å². The van der Waals surface area contributed by atoms with E-state index in [0.717, 1.165) is 27.2 Å². The molecule has 2 nitrogen and oxygen atoms in total. The Kier molecular flexibility index (Phi) is 10.1. The summed E-state index contributed by atoms with van der Waals surface area (Å²) in [5.74, 6) is -0.125. The molecular weight excluding hydrogens is 849 g/mol. The first-order valence-corrected chi connectivity index (χ1v) is 25.0. The maximum absolute atomic E-state index is 8.52. The van der Waals surface area contributed by atoms with Gasteiger partial charge in [-0.3, -0.25) is 0 Å². The molecule has 7 aromatic rings. The minimum absolute atomic E-state index is 0. The SMILES string of the molecule is [2H]C([2H])([2H])c1c[c-]c(-c2ccc([Si](C)(C)C)cn2)cc1.[2H]C([2H])(c1ccnc(-c2[c-]ccc3c2sc2cc(-c4ccc([Si](C)(C)C)cc4)ccc23)c1)C(C)C.[Ir]. The smallest absolute Gasteiger partial charge is 0.0795 e. The molecule has 0 N–H and O–H groups in total. The van der Waals surface area contributed by atoms with Crippen LogP contribution in [0.4, 0.5) is 0 Å². The second-order valence-electron chi connectivity index (χ2n) is 15.1. The zero-order chi connectivity index (χ0) is 39.9. The summed E-state index contributed by atoms with van der Waals surface area (Å²) in [7, 11) is -2.65. The van der Waals surface area contributed by atoms with Gasteiger partial charge in [0.15, 0.2) is 0 Å². The van der Waals surface area contributed by atoms with Crippen LogP contribution < -0.4 is 10.4 Å². The first-order chi connectivity index (χ1) is 25.7. The molecule has 263 valence electrons. The number of pyridine rings is 2. The Morgan fingerprint density at radius 3 is 2.10 bits per heavy atom. The normalized spacial score (nSPS) is 13.7. The molecule has 0 aliphatic carbocycles. The standard InChI is InChI=1S/C30H30NSSi.C15H18NSi.Ir/c1-20(2)17-21-15-16-31-28(18-21)27-8-6-7-26-25-14-11-23(19-29(25)32-30(26)27)22-9-12-24(13-10-22)33(3,4)5;1-12-5-7-13(8-6-12)15-10-9-14(11-16-15)17(2,3)4;/h6-7,9-16,18-20H,17H2,1-5H3;5-7,9-11H,1-4H3;/q2*-1;/i17D2;1D3;. The predicted molar refractivity (Wildman–Crippen MR) is 225 cm³/mol. The Morgan fingerprint density at radius 2 is 1.47 bits per heavy atom. The predicted octanol–water partition coefficient (Wildman–Crippen LogP) is 11.7. The van der Waals surface area contributed by atoms with Crippen molar-refractivity contribution in [2.45, 2.75) is 66.4 Å². The fourth-order valence-electron chi connectivity index (χ4n) is 5.85. The van der Waals surface area contributed by atoms with Crippen LogP contribution in [0.15, 0.2) is 109 Å². The molecule has 0 saturated carbocycles. The molecule has 6 heteroatoms. The number of fused-ring (bicyclic) bond motifs is 3. The summed E-state index contributed by atoms with van der Waals surface area (Å²) in [6, 6.07) is 39.0. The van der Waals surface area contributed by atoms with E-state index in [4.69, 9.17) is 6.85 Å². The number of thiophene rings is 1. The van der Waals surface area contributed by atoms with Crippen molar-refractivity contribution in [2.24, 2.45) is 5.92 Å². The van der Waals surface area contributed by atoms with Crippen molar-refractivity contribution < 1.29 is 27.0 Å². The zero-order valence-electron chi connectivity index (χ0n) is 35.6. The summed E-state index contributed by atoms with van der Waals surface area (Å²) in [5.41, 5.74) is 6.78. The van der Waals surface area contributed by atoms with E-state index in [-0.39, 0.29) is 26.0 Å². The zero-order valence-corrected chi connectivity index (χ0v) is 35.8. The van der Waals surface area contributed by atoms with E-state index in [1.54, 1.807) is 35.7 Å². The molecule has 0 fully saturated rings. The van der Waals surface area contributed by atoms with Crippen LogP contribution in [-0.4, -0.2) is 26.1 Å². The first kappa shape index (κ1) is 32.2. The number of nitrogens with zero attached hydrogens (tertiary/aromatic N) is 2. The quantitative estimate of drug-likeness (QED) is 0.118. The van der Waals surface area contributed by atoms with Crippen molar-refractivity contribution in [1.29, 1.82) is 0 Å². The fourth-order valence-corrected chi connectivity index (χ4v) is 9.29. The summed E-state index contributed by atoms with van der Waals surface area (Å²) >= 11 is 1.76. The number of hydrogen-bond acceptors (Lipinski definition) is 3. The van der Waals surface area contributed by atoms with E-state index in [2.05, 4.69) is 116 Å². The molecule has 7 rings (SSSR count). The number of benzene rings is 4. The maximum Gasteiger partial charge on any atom is 0.0795 e. The van der Waals surface area contributed by atoms with Crippen molar-refractivity contribution in [3.63, 3.8) is 0 Å². The summed E-state index contributed by atoms with van der Waals surface area (Å²) in [6.45, 7) is 15.7. The number of rotatable bonds is 7. The van der Waals surface area contributed by atoms with Crippen LogP contribution in [0.2, 0.25) is 39.3 Å². The van der Waals surface area contributed by atoms with Gasteiger partial charge in [-0.2, -0.15) is 11.3 Å². The molecule has 0 saturated heterocycles. The molecular formula is C45H48IrN2SSi2-2. The third-order valence-electron chi connectivity index (χ3n) is 8.71. The first-order valence-electron chi connectivity index (χ1n) is 19.7. The van der Waals surface area contributed by atoms with Gasteiger partial charge in [-0.1, -0.05) is 131 Å². The average molecular weight is 902 g/mol. The van der Waals surface area contributed by atoms with Gasteiger partial charge in [0.2, 0.25) is 0 Å². The number of aryl methyl sites for hydroxylation is 1. The van der Waals surface area contributed by atoms with Gasteiger partial charge in [-0.15, -0.1) is 59.2 Å².